The fraction of sp³-hybridized carbons (Fsp3) is 0.976. The van der Waals surface area contributed by atoms with Gasteiger partial charge in [0.2, 0.25) is 5.91 Å². The molecule has 0 aromatic carbocycles. The third-order valence-electron chi connectivity index (χ3n) is 10.2. The molecule has 0 rings (SSSR count). The monoisotopic (exact) mass is 684 g/mol. The molecule has 0 fully saturated rings. The van der Waals surface area contributed by atoms with Crippen molar-refractivity contribution in [1.29, 1.82) is 0 Å². The minimum Gasteiger partial charge on any atom is -0.394 e. The molecule has 0 aromatic rings. The van der Waals surface area contributed by atoms with Gasteiger partial charge < -0.3 is 25.7 Å². The summed E-state index contributed by atoms with van der Waals surface area (Å²) in [6.45, 7) is 6.39. The summed E-state index contributed by atoms with van der Waals surface area (Å²) in [6.07, 6.45) is 35.6. The second kappa shape index (κ2) is 36.1. The van der Waals surface area contributed by atoms with E-state index in [1.54, 1.807) is 0 Å². The SMILES string of the molecule is CCCCCCCCCCCCCCCCCCCC[C@@H](O)C(=O)N[C@@H](CO)[C@H](O)[C@H](O)CCCCCCCCCCCCCC(C)C. The molecule has 4 atom stereocenters. The van der Waals surface area contributed by atoms with Gasteiger partial charge in [-0.2, -0.15) is 0 Å². The first-order valence-corrected chi connectivity index (χ1v) is 21.3. The van der Waals surface area contributed by atoms with Crippen molar-refractivity contribution in [3.8, 4) is 0 Å². The maximum Gasteiger partial charge on any atom is 0.249 e. The summed E-state index contributed by atoms with van der Waals surface area (Å²) < 4.78 is 0. The number of nitrogens with one attached hydrogen (secondary N) is 1. The molecule has 0 radical (unpaired) electrons. The Morgan fingerprint density at radius 1 is 0.479 bits per heavy atom. The van der Waals surface area contributed by atoms with Gasteiger partial charge in [-0.1, -0.05) is 213 Å². The van der Waals surface area contributed by atoms with Gasteiger partial charge in [0, 0.05) is 0 Å². The van der Waals surface area contributed by atoms with Gasteiger partial charge in [-0.05, 0) is 18.8 Å². The van der Waals surface area contributed by atoms with Gasteiger partial charge in [0.25, 0.3) is 0 Å². The van der Waals surface area contributed by atoms with Crippen molar-refractivity contribution < 1.29 is 25.2 Å². The number of aliphatic hydroxyl groups excluding tert-OH is 4. The Morgan fingerprint density at radius 3 is 1.12 bits per heavy atom. The number of carbonyl (C=O) groups excluding carboxylic acids is 1. The van der Waals surface area contributed by atoms with Gasteiger partial charge in [-0.3, -0.25) is 4.79 Å². The molecule has 0 aromatic heterocycles. The van der Waals surface area contributed by atoms with E-state index in [9.17, 15) is 25.2 Å². The zero-order chi connectivity index (χ0) is 35.5. The van der Waals surface area contributed by atoms with Crippen molar-refractivity contribution in [2.75, 3.05) is 6.61 Å². The van der Waals surface area contributed by atoms with Gasteiger partial charge in [0.1, 0.15) is 12.2 Å². The molecule has 0 aliphatic rings. The third-order valence-corrected chi connectivity index (χ3v) is 10.2. The van der Waals surface area contributed by atoms with E-state index < -0.39 is 36.9 Å². The smallest absolute Gasteiger partial charge is 0.249 e. The Kier molecular flexibility index (Phi) is 35.6. The molecule has 0 heterocycles. The number of amides is 1. The predicted molar refractivity (Wildman–Crippen MR) is 205 cm³/mol. The summed E-state index contributed by atoms with van der Waals surface area (Å²) in [5, 5.41) is 43.6. The highest BCUT2D eigenvalue weighted by atomic mass is 16.3. The molecule has 1 amide bonds. The molecular weight excluding hydrogens is 598 g/mol. The van der Waals surface area contributed by atoms with E-state index in [0.717, 1.165) is 44.4 Å². The summed E-state index contributed by atoms with van der Waals surface area (Å²) in [7, 11) is 0. The minimum atomic E-state index is -1.25. The van der Waals surface area contributed by atoms with Crippen LogP contribution in [0.3, 0.4) is 0 Å². The Hall–Kier alpha value is -0.690. The first-order chi connectivity index (χ1) is 23.3. The summed E-state index contributed by atoms with van der Waals surface area (Å²) in [4.78, 5) is 12.5. The van der Waals surface area contributed by atoms with E-state index in [0.29, 0.717) is 12.8 Å². The Morgan fingerprint density at radius 2 is 0.792 bits per heavy atom. The maximum absolute atomic E-state index is 12.5. The zero-order valence-corrected chi connectivity index (χ0v) is 32.4. The van der Waals surface area contributed by atoms with E-state index in [2.05, 4.69) is 26.1 Å². The van der Waals surface area contributed by atoms with E-state index in [4.69, 9.17) is 0 Å². The number of hydrogen-bond acceptors (Lipinski definition) is 5. The normalized spacial score (nSPS) is 14.3. The lowest BCUT2D eigenvalue weighted by Gasteiger charge is -2.27. The Bertz CT molecular complexity index is 660. The molecule has 0 aliphatic carbocycles. The van der Waals surface area contributed by atoms with E-state index in [1.807, 2.05) is 0 Å². The van der Waals surface area contributed by atoms with Crippen molar-refractivity contribution in [2.45, 2.75) is 251 Å². The third kappa shape index (κ3) is 31.3. The van der Waals surface area contributed by atoms with Crippen LogP contribution in [0.1, 0.15) is 226 Å². The highest BCUT2D eigenvalue weighted by Gasteiger charge is 2.28. The lowest BCUT2D eigenvalue weighted by atomic mass is 9.99. The fourth-order valence-corrected chi connectivity index (χ4v) is 6.82. The van der Waals surface area contributed by atoms with Gasteiger partial charge in [0.15, 0.2) is 0 Å². The highest BCUT2D eigenvalue weighted by molar-refractivity contribution is 5.80. The van der Waals surface area contributed by atoms with Crippen LogP contribution in [0.2, 0.25) is 0 Å². The highest BCUT2D eigenvalue weighted by Crippen LogP contribution is 2.17. The van der Waals surface area contributed by atoms with E-state index in [1.165, 1.54) is 154 Å². The lowest BCUT2D eigenvalue weighted by molar-refractivity contribution is -0.132. The molecule has 288 valence electrons. The predicted octanol–water partition coefficient (Wildman–Crippen LogP) is 10.7. The van der Waals surface area contributed by atoms with Crippen LogP contribution < -0.4 is 5.32 Å². The van der Waals surface area contributed by atoms with Crippen LogP contribution in [0.5, 0.6) is 0 Å². The second-order valence-electron chi connectivity index (χ2n) is 15.5. The lowest BCUT2D eigenvalue weighted by Crippen LogP contribution is -2.53. The molecule has 0 bridgehead atoms. The van der Waals surface area contributed by atoms with Crippen LogP contribution in [0.15, 0.2) is 0 Å². The molecule has 0 saturated heterocycles. The molecule has 5 N–H and O–H groups in total. The van der Waals surface area contributed by atoms with Crippen LogP contribution in [0.4, 0.5) is 0 Å². The fourth-order valence-electron chi connectivity index (χ4n) is 6.82. The molecule has 0 saturated carbocycles. The van der Waals surface area contributed by atoms with Crippen molar-refractivity contribution in [3.63, 3.8) is 0 Å². The van der Waals surface area contributed by atoms with Gasteiger partial charge in [-0.15, -0.1) is 0 Å². The molecule has 0 unspecified atom stereocenters. The van der Waals surface area contributed by atoms with Gasteiger partial charge in [-0.25, -0.2) is 0 Å². The number of unbranched alkanes of at least 4 members (excludes halogenated alkanes) is 27. The van der Waals surface area contributed by atoms with Gasteiger partial charge >= 0.3 is 0 Å². The largest absolute Gasteiger partial charge is 0.394 e. The standard InChI is InChI=1S/C42H85NO5/c1-4-5-6-7-8-9-10-11-12-13-14-15-16-19-23-26-29-32-35-40(46)42(48)43-38(36-44)41(47)39(45)34-31-28-25-22-20-17-18-21-24-27-30-33-37(2)3/h37-41,44-47H,4-36H2,1-3H3,(H,43,48)/t38-,39+,40+,41-/m0/s1. The average Bonchev–Trinajstić information content (AvgIpc) is 3.07. The average molecular weight is 684 g/mol. The summed E-state index contributed by atoms with van der Waals surface area (Å²) >= 11 is 0. The van der Waals surface area contributed by atoms with Crippen LogP contribution in [-0.2, 0) is 4.79 Å². The number of carbonyl (C=O) groups is 1. The summed E-state index contributed by atoms with van der Waals surface area (Å²) in [5.74, 6) is 0.242. The first kappa shape index (κ1) is 47.3. The van der Waals surface area contributed by atoms with Crippen LogP contribution in [-0.4, -0.2) is 57.3 Å². The summed E-state index contributed by atoms with van der Waals surface area (Å²) in [6, 6.07) is -0.979. The Labute approximate surface area is 299 Å². The quantitative estimate of drug-likeness (QED) is 0.0416. The van der Waals surface area contributed by atoms with Crippen molar-refractivity contribution in [2.24, 2.45) is 5.92 Å². The number of rotatable bonds is 38. The first-order valence-electron chi connectivity index (χ1n) is 21.3. The molecule has 48 heavy (non-hydrogen) atoms. The molecule has 6 heteroatoms. The maximum atomic E-state index is 12.5. The molecular formula is C42H85NO5. The minimum absolute atomic E-state index is 0.375. The van der Waals surface area contributed by atoms with Crippen LogP contribution >= 0.6 is 0 Å². The number of aliphatic hydroxyl groups is 4. The van der Waals surface area contributed by atoms with E-state index in [-0.39, 0.29) is 0 Å². The Balaban J connectivity index is 3.72. The topological polar surface area (TPSA) is 110 Å². The second-order valence-corrected chi connectivity index (χ2v) is 15.5. The summed E-state index contributed by atoms with van der Waals surface area (Å²) in [5.41, 5.74) is 0. The zero-order valence-electron chi connectivity index (χ0n) is 32.4. The van der Waals surface area contributed by atoms with Crippen LogP contribution in [0, 0.1) is 5.92 Å². The number of hydrogen-bond donors (Lipinski definition) is 5. The molecule has 0 aliphatic heterocycles. The van der Waals surface area contributed by atoms with Crippen molar-refractivity contribution in [1.82, 2.24) is 5.32 Å². The van der Waals surface area contributed by atoms with Crippen molar-refractivity contribution in [3.05, 3.63) is 0 Å². The van der Waals surface area contributed by atoms with E-state index >= 15 is 0 Å². The van der Waals surface area contributed by atoms with Crippen molar-refractivity contribution >= 4 is 5.91 Å². The molecule has 6 nitrogen and oxygen atoms in total. The van der Waals surface area contributed by atoms with Crippen LogP contribution in [0.25, 0.3) is 0 Å². The molecule has 0 spiro atoms. The van der Waals surface area contributed by atoms with Gasteiger partial charge in [0.05, 0.1) is 18.8 Å².